The highest BCUT2D eigenvalue weighted by Crippen LogP contribution is 2.08. The topological polar surface area (TPSA) is 40.9 Å². The van der Waals surface area contributed by atoms with Gasteiger partial charge in [0, 0.05) is 38.6 Å². The fourth-order valence-corrected chi connectivity index (χ4v) is 2.39. The molecule has 19 heavy (non-hydrogen) atoms. The molecule has 1 saturated heterocycles. The summed E-state index contributed by atoms with van der Waals surface area (Å²) in [4.78, 5) is 20.9. The molecule has 0 atom stereocenters. The van der Waals surface area contributed by atoms with Crippen molar-refractivity contribution in [3.63, 3.8) is 0 Å². The average Bonchev–Trinajstić information content (AvgIpc) is 2.81. The molecule has 100 valence electrons. The molecule has 0 radical (unpaired) electrons. The maximum Gasteiger partial charge on any atom is 0.228 e. The summed E-state index contributed by atoms with van der Waals surface area (Å²) in [6.07, 6.45) is 4.28. The molecule has 1 aliphatic heterocycles. The van der Waals surface area contributed by atoms with Gasteiger partial charge >= 0.3 is 0 Å². The third kappa shape index (κ3) is 2.61. The van der Waals surface area contributed by atoms with Gasteiger partial charge < -0.3 is 14.2 Å². The maximum atomic E-state index is 12.2. The van der Waals surface area contributed by atoms with Crippen LogP contribution in [0.4, 0.5) is 0 Å². The van der Waals surface area contributed by atoms with Crippen LogP contribution in [0, 0.1) is 0 Å². The molecule has 3 rings (SSSR count). The molecule has 0 N–H and O–H groups in total. The van der Waals surface area contributed by atoms with E-state index < -0.39 is 0 Å². The predicted octanol–water partition coefficient (Wildman–Crippen LogP) is 0.651. The van der Waals surface area contributed by atoms with Gasteiger partial charge in [-0.3, -0.25) is 4.79 Å². The summed E-state index contributed by atoms with van der Waals surface area (Å²) < 4.78 is 1.95. The molecule has 0 spiro atoms. The van der Waals surface area contributed by atoms with E-state index in [9.17, 15) is 4.79 Å². The monoisotopic (exact) mass is 258 g/mol. The number of rotatable bonds is 2. The fraction of sp³-hybridized carbons (Fsp3) is 0.429. The molecular formula is C14H18N4O. The number of pyridine rings is 1. The van der Waals surface area contributed by atoms with Crippen LogP contribution in [-0.2, 0) is 11.2 Å². The predicted molar refractivity (Wildman–Crippen MR) is 73.0 cm³/mol. The molecular weight excluding hydrogens is 240 g/mol. The number of amides is 1. The Bertz CT molecular complexity index is 551. The molecule has 0 aliphatic carbocycles. The van der Waals surface area contributed by atoms with Gasteiger partial charge in [0.1, 0.15) is 5.65 Å². The van der Waals surface area contributed by atoms with E-state index in [2.05, 4.69) is 16.9 Å². The minimum Gasteiger partial charge on any atom is -0.340 e. The van der Waals surface area contributed by atoms with Crippen LogP contribution in [-0.4, -0.2) is 58.3 Å². The zero-order valence-electron chi connectivity index (χ0n) is 11.1. The lowest BCUT2D eigenvalue weighted by Crippen LogP contribution is -2.47. The number of hydrogen-bond acceptors (Lipinski definition) is 3. The van der Waals surface area contributed by atoms with Gasteiger partial charge in [0.05, 0.1) is 12.1 Å². The van der Waals surface area contributed by atoms with Crippen LogP contribution < -0.4 is 0 Å². The summed E-state index contributed by atoms with van der Waals surface area (Å²) in [6.45, 7) is 3.55. The van der Waals surface area contributed by atoms with Crippen LogP contribution in [0.25, 0.3) is 5.65 Å². The quantitative estimate of drug-likeness (QED) is 0.794. The number of aromatic nitrogens is 2. The zero-order chi connectivity index (χ0) is 13.2. The zero-order valence-corrected chi connectivity index (χ0v) is 11.1. The van der Waals surface area contributed by atoms with Gasteiger partial charge in [-0.1, -0.05) is 6.07 Å². The van der Waals surface area contributed by atoms with Crippen molar-refractivity contribution in [2.45, 2.75) is 6.42 Å². The molecule has 2 aromatic heterocycles. The molecule has 0 saturated carbocycles. The molecule has 0 unspecified atom stereocenters. The van der Waals surface area contributed by atoms with E-state index in [1.54, 1.807) is 0 Å². The highest BCUT2D eigenvalue weighted by atomic mass is 16.2. The molecule has 0 bridgehead atoms. The standard InChI is InChI=1S/C14H18N4O/c1-16-6-8-17(9-7-16)14(19)10-12-11-18-5-3-2-4-13(18)15-12/h2-5,11H,6-10H2,1H3. The van der Waals surface area contributed by atoms with Crippen molar-refractivity contribution < 1.29 is 4.79 Å². The number of hydrogen-bond donors (Lipinski definition) is 0. The van der Waals surface area contributed by atoms with Gasteiger partial charge in [-0.05, 0) is 19.2 Å². The lowest BCUT2D eigenvalue weighted by molar-refractivity contribution is -0.132. The first kappa shape index (κ1) is 12.2. The largest absolute Gasteiger partial charge is 0.340 e. The van der Waals surface area contributed by atoms with Crippen molar-refractivity contribution in [1.29, 1.82) is 0 Å². The van der Waals surface area contributed by atoms with E-state index in [1.807, 2.05) is 39.9 Å². The summed E-state index contributed by atoms with van der Waals surface area (Å²) in [5.74, 6) is 0.177. The normalized spacial score (nSPS) is 17.0. The molecule has 2 aromatic rings. The number of nitrogens with zero attached hydrogens (tertiary/aromatic N) is 4. The van der Waals surface area contributed by atoms with Gasteiger partial charge in [-0.15, -0.1) is 0 Å². The van der Waals surface area contributed by atoms with E-state index in [4.69, 9.17) is 0 Å². The van der Waals surface area contributed by atoms with Crippen molar-refractivity contribution in [2.24, 2.45) is 0 Å². The summed E-state index contributed by atoms with van der Waals surface area (Å²) in [5.41, 5.74) is 1.74. The van der Waals surface area contributed by atoms with Crippen molar-refractivity contribution >= 4 is 11.6 Å². The summed E-state index contributed by atoms with van der Waals surface area (Å²) in [6, 6.07) is 5.86. The van der Waals surface area contributed by atoms with E-state index in [0.717, 1.165) is 37.5 Å². The molecule has 5 heteroatoms. The van der Waals surface area contributed by atoms with Gasteiger partial charge in [0.2, 0.25) is 5.91 Å². The Morgan fingerprint density at radius 1 is 1.26 bits per heavy atom. The molecule has 5 nitrogen and oxygen atoms in total. The SMILES string of the molecule is CN1CCN(C(=O)Cc2cn3ccccc3n2)CC1. The Morgan fingerprint density at radius 3 is 2.79 bits per heavy atom. The van der Waals surface area contributed by atoms with Gasteiger partial charge in [-0.2, -0.15) is 0 Å². The van der Waals surface area contributed by atoms with Crippen molar-refractivity contribution in [3.05, 3.63) is 36.3 Å². The van der Waals surface area contributed by atoms with Crippen LogP contribution in [0.1, 0.15) is 5.69 Å². The van der Waals surface area contributed by atoms with E-state index in [0.29, 0.717) is 6.42 Å². The highest BCUT2D eigenvalue weighted by molar-refractivity contribution is 5.78. The van der Waals surface area contributed by atoms with Crippen LogP contribution in [0.2, 0.25) is 0 Å². The minimum atomic E-state index is 0.177. The first-order valence-corrected chi connectivity index (χ1v) is 6.61. The second-order valence-electron chi connectivity index (χ2n) is 5.06. The van der Waals surface area contributed by atoms with Gasteiger partial charge in [0.15, 0.2) is 0 Å². The summed E-state index contributed by atoms with van der Waals surface area (Å²) >= 11 is 0. The van der Waals surface area contributed by atoms with E-state index in [-0.39, 0.29) is 5.91 Å². The first-order valence-electron chi connectivity index (χ1n) is 6.61. The number of likely N-dealkylation sites (N-methyl/N-ethyl adjacent to an activating group) is 1. The Labute approximate surface area is 112 Å². The maximum absolute atomic E-state index is 12.2. The van der Waals surface area contributed by atoms with Crippen LogP contribution in [0.3, 0.4) is 0 Å². The van der Waals surface area contributed by atoms with E-state index >= 15 is 0 Å². The second kappa shape index (κ2) is 5.01. The molecule has 1 amide bonds. The number of fused-ring (bicyclic) bond motifs is 1. The lowest BCUT2D eigenvalue weighted by Gasteiger charge is -2.32. The van der Waals surface area contributed by atoms with Crippen LogP contribution in [0.5, 0.6) is 0 Å². The number of carbonyl (C=O) groups is 1. The van der Waals surface area contributed by atoms with Gasteiger partial charge in [-0.25, -0.2) is 4.98 Å². The smallest absolute Gasteiger partial charge is 0.228 e. The number of piperazine rings is 1. The molecule has 1 aliphatic rings. The molecule has 0 aromatic carbocycles. The Balaban J connectivity index is 1.68. The number of imidazole rings is 1. The molecule has 3 heterocycles. The first-order chi connectivity index (χ1) is 9.22. The minimum absolute atomic E-state index is 0.177. The Kier molecular flexibility index (Phi) is 3.21. The lowest BCUT2D eigenvalue weighted by atomic mass is 10.2. The summed E-state index contributed by atoms with van der Waals surface area (Å²) in [5, 5.41) is 0. The Hall–Kier alpha value is -1.88. The van der Waals surface area contributed by atoms with Crippen molar-refractivity contribution in [3.8, 4) is 0 Å². The van der Waals surface area contributed by atoms with Crippen LogP contribution >= 0.6 is 0 Å². The Morgan fingerprint density at radius 2 is 2.05 bits per heavy atom. The van der Waals surface area contributed by atoms with Crippen LogP contribution in [0.15, 0.2) is 30.6 Å². The fourth-order valence-electron chi connectivity index (χ4n) is 2.39. The third-order valence-electron chi connectivity index (χ3n) is 3.60. The van der Waals surface area contributed by atoms with Crippen molar-refractivity contribution in [1.82, 2.24) is 19.2 Å². The number of carbonyl (C=O) groups excluding carboxylic acids is 1. The molecule has 1 fully saturated rings. The second-order valence-corrected chi connectivity index (χ2v) is 5.06. The van der Waals surface area contributed by atoms with Crippen molar-refractivity contribution in [2.75, 3.05) is 33.2 Å². The highest BCUT2D eigenvalue weighted by Gasteiger charge is 2.19. The third-order valence-corrected chi connectivity index (χ3v) is 3.60. The average molecular weight is 258 g/mol. The van der Waals surface area contributed by atoms with E-state index in [1.165, 1.54) is 0 Å². The van der Waals surface area contributed by atoms with Gasteiger partial charge in [0.25, 0.3) is 0 Å². The summed E-state index contributed by atoms with van der Waals surface area (Å²) in [7, 11) is 2.09.